The molecule has 0 fully saturated rings. The number of aromatic nitrogens is 2. The monoisotopic (exact) mass is 351 g/mol. The highest BCUT2D eigenvalue weighted by Gasteiger charge is 2.14. The minimum Gasteiger partial charge on any atom is -0.383 e. The van der Waals surface area contributed by atoms with Crippen molar-refractivity contribution in [1.82, 2.24) is 15.3 Å². The van der Waals surface area contributed by atoms with Crippen molar-refractivity contribution >= 4 is 29.3 Å². The van der Waals surface area contributed by atoms with Gasteiger partial charge in [-0.25, -0.2) is 9.37 Å². The molecule has 6 nitrogen and oxygen atoms in total. The first-order valence-electron chi connectivity index (χ1n) is 7.55. The molecule has 0 atom stereocenters. The van der Waals surface area contributed by atoms with E-state index in [9.17, 15) is 9.18 Å². The van der Waals surface area contributed by atoms with Crippen LogP contribution in [0.5, 0.6) is 0 Å². The number of carbonyl (C=O) groups is 1. The van der Waals surface area contributed by atoms with Crippen molar-refractivity contribution in [2.45, 2.75) is 20.4 Å². The Morgan fingerprint density at radius 3 is 2.67 bits per heavy atom. The first-order chi connectivity index (χ1) is 11.5. The molecule has 0 radical (unpaired) electrons. The van der Waals surface area contributed by atoms with Crippen LogP contribution in [0.4, 0.5) is 16.2 Å². The van der Waals surface area contributed by atoms with Gasteiger partial charge >= 0.3 is 0 Å². The van der Waals surface area contributed by atoms with Crippen LogP contribution in [0.15, 0.2) is 24.4 Å². The molecule has 0 saturated carbocycles. The summed E-state index contributed by atoms with van der Waals surface area (Å²) in [5, 5.41) is 2.69. The average Bonchev–Trinajstić information content (AvgIpc) is 2.57. The van der Waals surface area contributed by atoms with Crippen molar-refractivity contribution in [1.29, 1.82) is 0 Å². The molecule has 0 spiro atoms. The highest BCUT2D eigenvalue weighted by atomic mass is 35.5. The summed E-state index contributed by atoms with van der Waals surface area (Å²) in [7, 11) is 0. The van der Waals surface area contributed by atoms with E-state index in [1.165, 1.54) is 18.3 Å². The standard InChI is InChI=1S/C16H19ClFN5O/c1-3-23(4-2)16-21-9-11(14(19)22-16)15(24)20-8-10-5-6-13(18)12(17)7-10/h5-7,9H,3-4,8H2,1-2H3,(H,20,24)(H2,19,21,22). The number of benzene rings is 1. The molecular weight excluding hydrogens is 333 g/mol. The number of halogens is 2. The lowest BCUT2D eigenvalue weighted by atomic mass is 10.2. The molecule has 1 aromatic heterocycles. The summed E-state index contributed by atoms with van der Waals surface area (Å²) in [5.74, 6) is -0.309. The van der Waals surface area contributed by atoms with Crippen molar-refractivity contribution in [3.05, 3.63) is 46.4 Å². The number of carbonyl (C=O) groups excluding carboxylic acids is 1. The number of nitrogens with zero attached hydrogens (tertiary/aromatic N) is 3. The fourth-order valence-electron chi connectivity index (χ4n) is 2.15. The molecule has 1 aromatic carbocycles. The van der Waals surface area contributed by atoms with Crippen LogP contribution in [0.2, 0.25) is 5.02 Å². The van der Waals surface area contributed by atoms with Crippen molar-refractivity contribution < 1.29 is 9.18 Å². The molecule has 1 amide bonds. The van der Waals surface area contributed by atoms with E-state index in [-0.39, 0.29) is 22.9 Å². The summed E-state index contributed by atoms with van der Waals surface area (Å²) in [5.41, 5.74) is 6.74. The van der Waals surface area contributed by atoms with Crippen LogP contribution in [0.3, 0.4) is 0 Å². The lowest BCUT2D eigenvalue weighted by Crippen LogP contribution is -2.27. The minimum atomic E-state index is -0.503. The Morgan fingerprint density at radius 2 is 2.08 bits per heavy atom. The van der Waals surface area contributed by atoms with E-state index in [2.05, 4.69) is 15.3 Å². The Balaban J connectivity index is 2.08. The third-order valence-electron chi connectivity index (χ3n) is 3.53. The maximum atomic E-state index is 13.1. The van der Waals surface area contributed by atoms with Crippen LogP contribution in [0.25, 0.3) is 0 Å². The quantitative estimate of drug-likeness (QED) is 0.835. The zero-order valence-electron chi connectivity index (χ0n) is 13.5. The molecule has 2 aromatic rings. The second-order valence-electron chi connectivity index (χ2n) is 5.07. The van der Waals surface area contributed by atoms with Crippen molar-refractivity contribution in [2.75, 3.05) is 23.7 Å². The highest BCUT2D eigenvalue weighted by molar-refractivity contribution is 6.30. The molecule has 0 aliphatic rings. The van der Waals surface area contributed by atoms with Gasteiger partial charge in [-0.05, 0) is 31.5 Å². The number of rotatable bonds is 6. The van der Waals surface area contributed by atoms with Crippen LogP contribution in [0.1, 0.15) is 29.8 Å². The fraction of sp³-hybridized carbons (Fsp3) is 0.312. The Labute approximate surface area is 144 Å². The lowest BCUT2D eigenvalue weighted by molar-refractivity contribution is 0.0951. The smallest absolute Gasteiger partial charge is 0.256 e. The summed E-state index contributed by atoms with van der Waals surface area (Å²) in [4.78, 5) is 22.5. The number of hydrogen-bond donors (Lipinski definition) is 2. The van der Waals surface area contributed by atoms with Crippen molar-refractivity contribution in [3.63, 3.8) is 0 Å². The van der Waals surface area contributed by atoms with E-state index in [0.29, 0.717) is 11.5 Å². The van der Waals surface area contributed by atoms with E-state index in [4.69, 9.17) is 17.3 Å². The van der Waals surface area contributed by atoms with Gasteiger partial charge in [0, 0.05) is 25.8 Å². The number of nitrogens with one attached hydrogen (secondary N) is 1. The minimum absolute atomic E-state index is 0.00757. The van der Waals surface area contributed by atoms with Crippen LogP contribution in [0, 0.1) is 5.82 Å². The van der Waals surface area contributed by atoms with Gasteiger partial charge in [0.25, 0.3) is 5.91 Å². The molecule has 0 aliphatic heterocycles. The SMILES string of the molecule is CCN(CC)c1ncc(C(=O)NCc2ccc(F)c(Cl)c2)c(N)n1. The maximum Gasteiger partial charge on any atom is 0.256 e. The Morgan fingerprint density at radius 1 is 1.38 bits per heavy atom. The third kappa shape index (κ3) is 4.11. The van der Waals surface area contributed by atoms with Crippen LogP contribution >= 0.6 is 11.6 Å². The Hall–Kier alpha value is -2.41. The number of nitrogens with two attached hydrogens (primary N) is 1. The molecule has 24 heavy (non-hydrogen) atoms. The zero-order chi connectivity index (χ0) is 17.7. The molecule has 0 unspecified atom stereocenters. The molecule has 2 rings (SSSR count). The molecule has 0 aliphatic carbocycles. The molecule has 3 N–H and O–H groups in total. The van der Waals surface area contributed by atoms with Crippen LogP contribution in [-0.4, -0.2) is 29.0 Å². The maximum absolute atomic E-state index is 13.1. The van der Waals surface area contributed by atoms with Gasteiger partial charge in [0.05, 0.1) is 10.6 Å². The number of amides is 1. The largest absolute Gasteiger partial charge is 0.383 e. The van der Waals surface area contributed by atoms with Gasteiger partial charge in [0.15, 0.2) is 0 Å². The van der Waals surface area contributed by atoms with Crippen LogP contribution < -0.4 is 16.0 Å². The average molecular weight is 352 g/mol. The van der Waals surface area contributed by atoms with Gasteiger partial charge in [-0.15, -0.1) is 0 Å². The summed E-state index contributed by atoms with van der Waals surface area (Å²) in [6.07, 6.45) is 1.41. The van der Waals surface area contributed by atoms with Crippen LogP contribution in [-0.2, 0) is 6.54 Å². The predicted molar refractivity (Wildman–Crippen MR) is 92.6 cm³/mol. The fourth-order valence-corrected chi connectivity index (χ4v) is 2.35. The lowest BCUT2D eigenvalue weighted by Gasteiger charge is -2.19. The molecule has 8 heteroatoms. The Kier molecular flexibility index (Phi) is 5.92. The number of anilines is 2. The molecule has 0 saturated heterocycles. The van der Waals surface area contributed by atoms with Gasteiger partial charge in [-0.2, -0.15) is 4.98 Å². The van der Waals surface area contributed by atoms with Gasteiger partial charge in [0.2, 0.25) is 5.95 Å². The summed E-state index contributed by atoms with van der Waals surface area (Å²) in [6, 6.07) is 4.26. The van der Waals surface area contributed by atoms with Gasteiger partial charge in [-0.1, -0.05) is 17.7 Å². The second-order valence-corrected chi connectivity index (χ2v) is 5.48. The normalized spacial score (nSPS) is 10.5. The highest BCUT2D eigenvalue weighted by Crippen LogP contribution is 2.17. The predicted octanol–water partition coefficient (Wildman–Crippen LogP) is 2.63. The third-order valence-corrected chi connectivity index (χ3v) is 3.82. The van der Waals surface area contributed by atoms with E-state index in [1.54, 1.807) is 6.07 Å². The Bertz CT molecular complexity index is 736. The molecule has 1 heterocycles. The number of nitrogen functional groups attached to an aromatic ring is 1. The zero-order valence-corrected chi connectivity index (χ0v) is 14.3. The van der Waals surface area contributed by atoms with Crippen molar-refractivity contribution in [2.24, 2.45) is 0 Å². The van der Waals surface area contributed by atoms with Gasteiger partial charge in [0.1, 0.15) is 11.6 Å². The van der Waals surface area contributed by atoms with E-state index < -0.39 is 11.7 Å². The summed E-state index contributed by atoms with van der Waals surface area (Å²) >= 11 is 5.71. The van der Waals surface area contributed by atoms with Gasteiger partial charge < -0.3 is 16.0 Å². The first kappa shape index (κ1) is 17.9. The number of hydrogen-bond acceptors (Lipinski definition) is 5. The second kappa shape index (κ2) is 7.92. The van der Waals surface area contributed by atoms with E-state index in [1.807, 2.05) is 18.7 Å². The first-order valence-corrected chi connectivity index (χ1v) is 7.93. The van der Waals surface area contributed by atoms with Gasteiger partial charge in [-0.3, -0.25) is 4.79 Å². The molecular formula is C16H19ClFN5O. The van der Waals surface area contributed by atoms with E-state index >= 15 is 0 Å². The van der Waals surface area contributed by atoms with E-state index in [0.717, 1.165) is 13.1 Å². The topological polar surface area (TPSA) is 84.1 Å². The summed E-state index contributed by atoms with van der Waals surface area (Å²) in [6.45, 7) is 5.64. The van der Waals surface area contributed by atoms with Crippen molar-refractivity contribution in [3.8, 4) is 0 Å². The molecule has 128 valence electrons. The molecule has 0 bridgehead atoms. The summed E-state index contributed by atoms with van der Waals surface area (Å²) < 4.78 is 13.1.